The van der Waals surface area contributed by atoms with Gasteiger partial charge in [-0.25, -0.2) is 0 Å². The van der Waals surface area contributed by atoms with Gasteiger partial charge in [0.15, 0.2) is 0 Å². The Morgan fingerprint density at radius 2 is 2.20 bits per heavy atom. The van der Waals surface area contributed by atoms with Gasteiger partial charge in [0.2, 0.25) is 11.8 Å². The summed E-state index contributed by atoms with van der Waals surface area (Å²) in [4.78, 5) is 25.1. The van der Waals surface area contributed by atoms with E-state index < -0.39 is 0 Å². The molecule has 1 saturated heterocycles. The van der Waals surface area contributed by atoms with E-state index in [1.165, 1.54) is 0 Å². The molecule has 20 heavy (non-hydrogen) atoms. The van der Waals surface area contributed by atoms with Crippen molar-refractivity contribution in [1.82, 2.24) is 5.32 Å². The molecule has 1 fully saturated rings. The molecule has 0 aliphatic carbocycles. The highest BCUT2D eigenvalue weighted by atomic mass is 35.5. The van der Waals surface area contributed by atoms with Gasteiger partial charge in [-0.3, -0.25) is 9.59 Å². The number of amides is 2. The first-order valence-electron chi connectivity index (χ1n) is 6.55. The molecular formula is C14H20ClN3O2. The minimum Gasteiger partial charge on any atom is -0.326 e. The zero-order chi connectivity index (χ0) is 13.7. The second-order valence-corrected chi connectivity index (χ2v) is 4.60. The van der Waals surface area contributed by atoms with Crippen LogP contribution in [0.2, 0.25) is 0 Å². The molecule has 0 aromatic heterocycles. The van der Waals surface area contributed by atoms with Crippen LogP contribution in [-0.2, 0) is 9.59 Å². The van der Waals surface area contributed by atoms with Gasteiger partial charge in [-0.05, 0) is 31.7 Å². The summed E-state index contributed by atoms with van der Waals surface area (Å²) in [6, 6.07) is 7.43. The molecule has 1 aliphatic rings. The second kappa shape index (κ2) is 7.87. The lowest BCUT2D eigenvalue weighted by Crippen LogP contribution is -2.24. The minimum atomic E-state index is -0.0285. The van der Waals surface area contributed by atoms with E-state index in [2.05, 4.69) is 10.6 Å². The maximum atomic E-state index is 11.7. The predicted molar refractivity (Wildman–Crippen MR) is 82.5 cm³/mol. The van der Waals surface area contributed by atoms with Crippen LogP contribution in [0.1, 0.15) is 19.3 Å². The van der Waals surface area contributed by atoms with E-state index in [0.717, 1.165) is 24.3 Å². The highest BCUT2D eigenvalue weighted by Gasteiger charge is 2.21. The van der Waals surface area contributed by atoms with E-state index in [-0.39, 0.29) is 24.2 Å². The topological polar surface area (TPSA) is 61.4 Å². The van der Waals surface area contributed by atoms with E-state index >= 15 is 0 Å². The number of carbonyl (C=O) groups excluding carboxylic acids is 2. The van der Waals surface area contributed by atoms with E-state index in [4.69, 9.17) is 0 Å². The molecule has 2 amide bonds. The average Bonchev–Trinajstić information content (AvgIpc) is 2.83. The van der Waals surface area contributed by atoms with Crippen molar-refractivity contribution in [2.24, 2.45) is 0 Å². The summed E-state index contributed by atoms with van der Waals surface area (Å²) in [5.41, 5.74) is 1.59. The van der Waals surface area contributed by atoms with Crippen molar-refractivity contribution in [2.75, 3.05) is 30.4 Å². The Morgan fingerprint density at radius 1 is 1.40 bits per heavy atom. The van der Waals surface area contributed by atoms with Crippen molar-refractivity contribution < 1.29 is 9.59 Å². The van der Waals surface area contributed by atoms with Crippen LogP contribution in [0.25, 0.3) is 0 Å². The Balaban J connectivity index is 0.00000200. The Kier molecular flexibility index (Phi) is 6.48. The van der Waals surface area contributed by atoms with Crippen LogP contribution in [0.3, 0.4) is 0 Å². The van der Waals surface area contributed by atoms with E-state index in [9.17, 15) is 9.59 Å². The smallest absolute Gasteiger partial charge is 0.227 e. The Bertz CT molecular complexity index is 479. The van der Waals surface area contributed by atoms with Crippen molar-refractivity contribution in [3.05, 3.63) is 24.3 Å². The van der Waals surface area contributed by atoms with E-state index in [0.29, 0.717) is 19.4 Å². The maximum absolute atomic E-state index is 11.7. The molecule has 1 aromatic carbocycles. The van der Waals surface area contributed by atoms with Gasteiger partial charge in [-0.1, -0.05) is 6.07 Å². The summed E-state index contributed by atoms with van der Waals surface area (Å²) in [7, 11) is 1.81. The van der Waals surface area contributed by atoms with Gasteiger partial charge >= 0.3 is 0 Å². The van der Waals surface area contributed by atoms with Crippen LogP contribution in [0.15, 0.2) is 24.3 Å². The van der Waals surface area contributed by atoms with Crippen LogP contribution in [0.5, 0.6) is 0 Å². The first kappa shape index (κ1) is 16.5. The molecule has 2 rings (SSSR count). The maximum Gasteiger partial charge on any atom is 0.227 e. The highest BCUT2D eigenvalue weighted by Crippen LogP contribution is 2.24. The Labute approximate surface area is 125 Å². The number of rotatable bonds is 5. The molecule has 5 nitrogen and oxygen atoms in total. The monoisotopic (exact) mass is 297 g/mol. The molecule has 110 valence electrons. The van der Waals surface area contributed by atoms with Gasteiger partial charge in [0.25, 0.3) is 0 Å². The molecule has 0 spiro atoms. The molecule has 0 saturated carbocycles. The number of carbonyl (C=O) groups is 2. The molecule has 2 N–H and O–H groups in total. The fourth-order valence-electron chi connectivity index (χ4n) is 2.13. The van der Waals surface area contributed by atoms with Crippen molar-refractivity contribution in [3.8, 4) is 0 Å². The number of benzene rings is 1. The average molecular weight is 298 g/mol. The SMILES string of the molecule is CNCCC(=O)Nc1cccc(N2CCCC2=O)c1.Cl. The van der Waals surface area contributed by atoms with Gasteiger partial charge in [0.1, 0.15) is 0 Å². The van der Waals surface area contributed by atoms with Gasteiger partial charge in [-0.15, -0.1) is 12.4 Å². The molecule has 0 radical (unpaired) electrons. The zero-order valence-corrected chi connectivity index (χ0v) is 12.3. The van der Waals surface area contributed by atoms with E-state index in [1.807, 2.05) is 31.3 Å². The summed E-state index contributed by atoms with van der Waals surface area (Å²) < 4.78 is 0. The first-order chi connectivity index (χ1) is 9.20. The fraction of sp³-hybridized carbons (Fsp3) is 0.429. The van der Waals surface area contributed by atoms with Crippen molar-refractivity contribution in [3.63, 3.8) is 0 Å². The third kappa shape index (κ3) is 4.21. The van der Waals surface area contributed by atoms with Crippen LogP contribution in [0, 0.1) is 0 Å². The van der Waals surface area contributed by atoms with Gasteiger partial charge in [0, 0.05) is 37.3 Å². The Hall–Kier alpha value is -1.59. The molecule has 0 bridgehead atoms. The summed E-state index contributed by atoms with van der Waals surface area (Å²) in [5.74, 6) is 0.123. The molecule has 0 unspecified atom stereocenters. The Morgan fingerprint density at radius 3 is 2.85 bits per heavy atom. The molecular weight excluding hydrogens is 278 g/mol. The largest absolute Gasteiger partial charge is 0.326 e. The first-order valence-corrected chi connectivity index (χ1v) is 6.55. The minimum absolute atomic E-state index is 0. The van der Waals surface area contributed by atoms with Crippen molar-refractivity contribution >= 4 is 35.6 Å². The second-order valence-electron chi connectivity index (χ2n) is 4.60. The zero-order valence-electron chi connectivity index (χ0n) is 11.5. The van der Waals surface area contributed by atoms with Gasteiger partial charge in [-0.2, -0.15) is 0 Å². The summed E-state index contributed by atoms with van der Waals surface area (Å²) in [5, 5.41) is 5.77. The predicted octanol–water partition coefficient (Wildman–Crippen LogP) is 1.78. The molecule has 1 aliphatic heterocycles. The van der Waals surface area contributed by atoms with E-state index in [1.54, 1.807) is 4.90 Å². The number of hydrogen-bond acceptors (Lipinski definition) is 3. The number of nitrogens with zero attached hydrogens (tertiary/aromatic N) is 1. The summed E-state index contributed by atoms with van der Waals surface area (Å²) >= 11 is 0. The quantitative estimate of drug-likeness (QED) is 0.871. The molecule has 6 heteroatoms. The number of nitrogens with one attached hydrogen (secondary N) is 2. The van der Waals surface area contributed by atoms with Gasteiger partial charge < -0.3 is 15.5 Å². The summed E-state index contributed by atoms with van der Waals surface area (Å²) in [6.07, 6.45) is 1.94. The standard InChI is InChI=1S/C14H19N3O2.ClH/c1-15-8-7-13(18)16-11-4-2-5-12(10-11)17-9-3-6-14(17)19;/h2,4-5,10,15H,3,6-9H2,1H3,(H,16,18);1H. The van der Waals surface area contributed by atoms with Crippen LogP contribution in [-0.4, -0.2) is 32.0 Å². The van der Waals surface area contributed by atoms with Crippen LogP contribution in [0.4, 0.5) is 11.4 Å². The lowest BCUT2D eigenvalue weighted by Gasteiger charge is -2.16. The van der Waals surface area contributed by atoms with Crippen LogP contribution < -0.4 is 15.5 Å². The van der Waals surface area contributed by atoms with Gasteiger partial charge in [0.05, 0.1) is 0 Å². The fourth-order valence-corrected chi connectivity index (χ4v) is 2.13. The normalized spacial score (nSPS) is 14.1. The third-order valence-electron chi connectivity index (χ3n) is 3.12. The van der Waals surface area contributed by atoms with Crippen LogP contribution >= 0.6 is 12.4 Å². The highest BCUT2D eigenvalue weighted by molar-refractivity contribution is 5.97. The molecule has 1 heterocycles. The number of halogens is 1. The molecule has 0 atom stereocenters. The number of hydrogen-bond donors (Lipinski definition) is 2. The lowest BCUT2D eigenvalue weighted by atomic mass is 10.2. The van der Waals surface area contributed by atoms with Crippen molar-refractivity contribution in [2.45, 2.75) is 19.3 Å². The summed E-state index contributed by atoms with van der Waals surface area (Å²) in [6.45, 7) is 1.41. The number of anilines is 2. The van der Waals surface area contributed by atoms with Crippen molar-refractivity contribution in [1.29, 1.82) is 0 Å². The lowest BCUT2D eigenvalue weighted by molar-refractivity contribution is -0.117. The molecule has 1 aromatic rings. The third-order valence-corrected chi connectivity index (χ3v) is 3.12.